The van der Waals surface area contributed by atoms with Gasteiger partial charge in [-0.2, -0.15) is 0 Å². The molecule has 2 aromatic heterocycles. The van der Waals surface area contributed by atoms with Crippen LogP contribution in [0, 0.1) is 0 Å². The van der Waals surface area contributed by atoms with E-state index >= 15 is 0 Å². The molecule has 0 spiro atoms. The molecule has 2 amide bonds. The van der Waals surface area contributed by atoms with Gasteiger partial charge in [0.2, 0.25) is 5.91 Å². The van der Waals surface area contributed by atoms with E-state index in [0.29, 0.717) is 5.69 Å². The van der Waals surface area contributed by atoms with Gasteiger partial charge in [0.1, 0.15) is 0 Å². The number of aromatic nitrogens is 3. The van der Waals surface area contributed by atoms with Gasteiger partial charge < -0.3 is 10.2 Å². The second kappa shape index (κ2) is 9.58. The van der Waals surface area contributed by atoms with Gasteiger partial charge in [-0.15, -0.1) is 5.10 Å². The van der Waals surface area contributed by atoms with Crippen molar-refractivity contribution in [1.29, 1.82) is 0 Å². The van der Waals surface area contributed by atoms with Gasteiger partial charge in [0.25, 0.3) is 5.91 Å². The minimum absolute atomic E-state index is 0.208. The molecule has 156 valence electrons. The quantitative estimate of drug-likeness (QED) is 0.598. The maximum atomic E-state index is 13.4. The second-order valence-corrected chi connectivity index (χ2v) is 8.20. The third-order valence-electron chi connectivity index (χ3n) is 4.91. The van der Waals surface area contributed by atoms with E-state index in [2.05, 4.69) is 19.9 Å². The first kappa shape index (κ1) is 21.6. The Morgan fingerprint density at radius 1 is 1.13 bits per heavy atom. The van der Waals surface area contributed by atoms with Crippen LogP contribution in [0.4, 0.5) is 0 Å². The van der Waals surface area contributed by atoms with E-state index in [1.54, 1.807) is 23.7 Å². The predicted octanol–water partition coefficient (Wildman–Crippen LogP) is 3.62. The van der Waals surface area contributed by atoms with Crippen LogP contribution in [0.2, 0.25) is 0 Å². The highest BCUT2D eigenvalue weighted by atomic mass is 32.1. The molecular weight excluding hydrogens is 398 g/mol. The summed E-state index contributed by atoms with van der Waals surface area (Å²) in [5, 5.41) is 8.58. The van der Waals surface area contributed by atoms with E-state index in [1.807, 2.05) is 57.2 Å². The summed E-state index contributed by atoms with van der Waals surface area (Å²) in [6.07, 6.45) is 2.37. The summed E-state index contributed by atoms with van der Waals surface area (Å²) in [6, 6.07) is 14.0. The van der Waals surface area contributed by atoms with Crippen molar-refractivity contribution >= 4 is 23.3 Å². The summed E-state index contributed by atoms with van der Waals surface area (Å²) in [6.45, 7) is 6.14. The molecule has 0 radical (unpaired) electrons. The number of nitrogens with one attached hydrogen (secondary N) is 1. The zero-order chi connectivity index (χ0) is 21.6. The van der Waals surface area contributed by atoms with Crippen LogP contribution >= 0.6 is 11.5 Å². The summed E-state index contributed by atoms with van der Waals surface area (Å²) in [7, 11) is 0. The predicted molar refractivity (Wildman–Crippen MR) is 116 cm³/mol. The number of rotatable bonds is 8. The second-order valence-electron chi connectivity index (χ2n) is 7.59. The number of amides is 2. The Labute approximate surface area is 180 Å². The Balaban J connectivity index is 2.05. The van der Waals surface area contributed by atoms with Crippen LogP contribution in [0.25, 0.3) is 0 Å². The number of hydrogen-bond acceptors (Lipinski definition) is 6. The monoisotopic (exact) mass is 423 g/mol. The van der Waals surface area contributed by atoms with Crippen LogP contribution in [0.5, 0.6) is 0 Å². The third kappa shape index (κ3) is 5.27. The number of benzene rings is 1. The molecule has 7 nitrogen and oxygen atoms in total. The van der Waals surface area contributed by atoms with Crippen molar-refractivity contribution in [3.05, 3.63) is 77.1 Å². The van der Waals surface area contributed by atoms with Crippen LogP contribution in [0.3, 0.4) is 0 Å². The first-order valence-corrected chi connectivity index (χ1v) is 10.6. The molecule has 1 aromatic carbocycles. The lowest BCUT2D eigenvalue weighted by Gasteiger charge is -2.33. The average Bonchev–Trinajstić information content (AvgIpc) is 3.29. The topological polar surface area (TPSA) is 88.1 Å². The molecule has 0 unspecified atom stereocenters. The van der Waals surface area contributed by atoms with Crippen molar-refractivity contribution in [2.45, 2.75) is 45.3 Å². The number of nitrogens with zero attached hydrogens (tertiary/aromatic N) is 4. The maximum Gasteiger partial charge on any atom is 0.276 e. The molecule has 1 atom stereocenters. The Kier molecular flexibility index (Phi) is 6.89. The van der Waals surface area contributed by atoms with Crippen molar-refractivity contribution in [3.8, 4) is 0 Å². The molecule has 0 bridgehead atoms. The van der Waals surface area contributed by atoms with Gasteiger partial charge in [0.05, 0.1) is 5.69 Å². The van der Waals surface area contributed by atoms with Crippen molar-refractivity contribution in [2.75, 3.05) is 0 Å². The minimum Gasteiger partial charge on any atom is -0.349 e. The van der Waals surface area contributed by atoms with Crippen LogP contribution in [0.15, 0.2) is 60.1 Å². The molecule has 8 heteroatoms. The van der Waals surface area contributed by atoms with Crippen molar-refractivity contribution in [2.24, 2.45) is 0 Å². The number of pyridine rings is 1. The van der Waals surface area contributed by atoms with Gasteiger partial charge in [-0.25, -0.2) is 0 Å². The van der Waals surface area contributed by atoms with E-state index < -0.39 is 11.6 Å². The summed E-state index contributed by atoms with van der Waals surface area (Å²) in [5.74, 6) is -0.652. The van der Waals surface area contributed by atoms with Crippen LogP contribution in [-0.4, -0.2) is 36.8 Å². The fraction of sp³-hybridized carbons (Fsp3) is 0.318. The Morgan fingerprint density at radius 2 is 1.87 bits per heavy atom. The Bertz CT molecular complexity index is 962. The largest absolute Gasteiger partial charge is 0.349 e. The van der Waals surface area contributed by atoms with Gasteiger partial charge in [-0.1, -0.05) is 47.8 Å². The summed E-state index contributed by atoms with van der Waals surface area (Å²) < 4.78 is 3.81. The molecule has 2 heterocycles. The normalized spacial score (nSPS) is 12.2. The molecule has 3 rings (SSSR count). The van der Waals surface area contributed by atoms with E-state index in [-0.39, 0.29) is 24.1 Å². The first-order chi connectivity index (χ1) is 14.4. The summed E-state index contributed by atoms with van der Waals surface area (Å²) >= 11 is 1.10. The SMILES string of the molecule is CCC(C)(C)NC(=O)[C@H](c1ccccn1)N(Cc1ccccc1)C(=O)c1csnn1. The molecule has 0 saturated heterocycles. The minimum atomic E-state index is -0.911. The lowest BCUT2D eigenvalue weighted by atomic mass is 10.00. The van der Waals surface area contributed by atoms with Gasteiger partial charge in [0.15, 0.2) is 11.7 Å². The highest BCUT2D eigenvalue weighted by Gasteiger charge is 2.36. The number of hydrogen-bond donors (Lipinski definition) is 1. The van der Waals surface area contributed by atoms with Crippen molar-refractivity contribution in [1.82, 2.24) is 24.8 Å². The van der Waals surface area contributed by atoms with Gasteiger partial charge >= 0.3 is 0 Å². The van der Waals surface area contributed by atoms with Gasteiger partial charge in [0, 0.05) is 23.7 Å². The average molecular weight is 424 g/mol. The fourth-order valence-electron chi connectivity index (χ4n) is 2.93. The maximum absolute atomic E-state index is 13.4. The van der Waals surface area contributed by atoms with E-state index in [0.717, 1.165) is 23.5 Å². The Morgan fingerprint density at radius 3 is 2.47 bits per heavy atom. The molecule has 0 aliphatic heterocycles. The first-order valence-electron chi connectivity index (χ1n) is 9.76. The molecular formula is C22H25N5O2S. The molecule has 30 heavy (non-hydrogen) atoms. The highest BCUT2D eigenvalue weighted by molar-refractivity contribution is 7.03. The van der Waals surface area contributed by atoms with E-state index in [4.69, 9.17) is 0 Å². The smallest absolute Gasteiger partial charge is 0.276 e. The lowest BCUT2D eigenvalue weighted by Crippen LogP contribution is -2.50. The number of carbonyl (C=O) groups is 2. The van der Waals surface area contributed by atoms with Crippen LogP contribution in [0.1, 0.15) is 55.0 Å². The zero-order valence-electron chi connectivity index (χ0n) is 17.3. The van der Waals surface area contributed by atoms with Gasteiger partial charge in [-0.05, 0) is 49.5 Å². The fourth-order valence-corrected chi connectivity index (χ4v) is 3.36. The molecule has 0 saturated carbocycles. The third-order valence-corrected chi connectivity index (χ3v) is 5.41. The van der Waals surface area contributed by atoms with Crippen LogP contribution in [-0.2, 0) is 11.3 Å². The summed E-state index contributed by atoms with van der Waals surface area (Å²) in [5.41, 5.74) is 1.18. The van der Waals surface area contributed by atoms with Crippen molar-refractivity contribution in [3.63, 3.8) is 0 Å². The zero-order valence-corrected chi connectivity index (χ0v) is 18.1. The molecule has 0 fully saturated rings. The van der Waals surface area contributed by atoms with Gasteiger partial charge in [-0.3, -0.25) is 14.6 Å². The molecule has 1 N–H and O–H groups in total. The molecule has 3 aromatic rings. The standard InChI is InChI=1S/C22H25N5O2S/c1-4-22(2,3)24-20(28)19(17-12-8-9-13-23-17)27(14-16-10-6-5-7-11-16)21(29)18-15-30-26-25-18/h5-13,15,19H,4,14H2,1-3H3,(H,24,28)/t19-/m0/s1. The highest BCUT2D eigenvalue weighted by Crippen LogP contribution is 2.25. The molecule has 0 aliphatic rings. The number of carbonyl (C=O) groups excluding carboxylic acids is 2. The van der Waals surface area contributed by atoms with E-state index in [9.17, 15) is 9.59 Å². The van der Waals surface area contributed by atoms with Crippen molar-refractivity contribution < 1.29 is 9.59 Å². The summed E-state index contributed by atoms with van der Waals surface area (Å²) in [4.78, 5) is 32.7. The lowest BCUT2D eigenvalue weighted by molar-refractivity contribution is -0.128. The van der Waals surface area contributed by atoms with E-state index in [1.165, 1.54) is 4.90 Å². The van der Waals surface area contributed by atoms with Crippen LogP contribution < -0.4 is 5.32 Å². The Hall–Kier alpha value is -3.13. The molecule has 0 aliphatic carbocycles.